The highest BCUT2D eigenvalue weighted by Crippen LogP contribution is 2.27. The van der Waals surface area contributed by atoms with Gasteiger partial charge in [0.15, 0.2) is 0 Å². The molecule has 11 heavy (non-hydrogen) atoms. The first kappa shape index (κ1) is 13.2. The highest BCUT2D eigenvalue weighted by Gasteiger charge is 2.53. The number of halogens is 4. The molecule has 0 atom stereocenters. The topological polar surface area (TPSA) is 85.9 Å². The summed E-state index contributed by atoms with van der Waals surface area (Å²) in [5.41, 5.74) is 0. The number of rotatable bonds is 2. The third-order valence-corrected chi connectivity index (χ3v) is 1.46. The van der Waals surface area contributed by atoms with Crippen LogP contribution in [0, 0.1) is 0 Å². The van der Waals surface area contributed by atoms with Gasteiger partial charge in [0.1, 0.15) is 0 Å². The number of hydrogen-bond acceptors (Lipinski definition) is 2. The third kappa shape index (κ3) is 2.60. The maximum atomic E-state index is 11.5. The summed E-state index contributed by atoms with van der Waals surface area (Å²) < 4.78 is 71.3. The van der Waals surface area contributed by atoms with Crippen LogP contribution in [0.4, 0.5) is 17.6 Å². The second-order valence-electron chi connectivity index (χ2n) is 1.34. The second kappa shape index (κ2) is 3.32. The molecule has 70 valence electrons. The van der Waals surface area contributed by atoms with E-state index in [9.17, 15) is 26.0 Å². The van der Waals surface area contributed by atoms with Crippen molar-refractivity contribution in [3.63, 3.8) is 0 Å². The Labute approximate surface area is 58.9 Å². The van der Waals surface area contributed by atoms with E-state index in [0.29, 0.717) is 0 Å². The molecule has 0 amide bonds. The molecule has 4 nitrogen and oxygen atoms in total. The van der Waals surface area contributed by atoms with Gasteiger partial charge in [-0.05, 0) is 0 Å². The minimum atomic E-state index is -5.98. The van der Waals surface area contributed by atoms with Crippen molar-refractivity contribution in [1.29, 1.82) is 0 Å². The monoisotopic (exact) mass is 200 g/mol. The van der Waals surface area contributed by atoms with Crippen LogP contribution in [0.1, 0.15) is 0 Å². The lowest BCUT2D eigenvalue weighted by Crippen LogP contribution is -2.35. The molecule has 0 aromatic carbocycles. The Balaban J connectivity index is 0. The molecule has 0 saturated heterocycles. The molecule has 0 aliphatic heterocycles. The maximum absolute atomic E-state index is 11.5. The quantitative estimate of drug-likeness (QED) is 0.499. The third-order valence-electron chi connectivity index (χ3n) is 0.598. The van der Waals surface area contributed by atoms with E-state index in [2.05, 4.69) is 0 Å². The van der Waals surface area contributed by atoms with Gasteiger partial charge in [-0.15, -0.1) is 0 Å². The van der Waals surface area contributed by atoms with Crippen LogP contribution in [0.2, 0.25) is 0 Å². The molecule has 0 aliphatic rings. The predicted octanol–water partition coefficient (Wildman–Crippen LogP) is -0.0926. The first-order valence-electron chi connectivity index (χ1n) is 1.82. The van der Waals surface area contributed by atoms with E-state index < -0.39 is 21.8 Å². The van der Waals surface area contributed by atoms with Gasteiger partial charge in [0.2, 0.25) is 0 Å². The van der Waals surface area contributed by atoms with Crippen LogP contribution in [0.3, 0.4) is 0 Å². The van der Waals surface area contributed by atoms with Gasteiger partial charge >= 0.3 is 21.8 Å². The van der Waals surface area contributed by atoms with Crippen LogP contribution < -0.4 is 0 Å². The Morgan fingerprint density at radius 1 is 1.27 bits per heavy atom. The van der Waals surface area contributed by atoms with Crippen LogP contribution in [0.15, 0.2) is 0 Å². The molecule has 0 aliphatic carbocycles. The van der Waals surface area contributed by atoms with Crippen molar-refractivity contribution in [2.75, 3.05) is 0 Å². The van der Waals surface area contributed by atoms with Gasteiger partial charge in [-0.25, -0.2) is 8.78 Å². The van der Waals surface area contributed by atoms with Crippen molar-refractivity contribution < 1.29 is 36.0 Å². The van der Waals surface area contributed by atoms with Crippen molar-refractivity contribution in [2.24, 2.45) is 0 Å². The average molecular weight is 200 g/mol. The molecule has 0 saturated carbocycles. The fourth-order valence-corrected chi connectivity index (χ4v) is 0.338. The molecule has 0 radical (unpaired) electrons. The summed E-state index contributed by atoms with van der Waals surface area (Å²) in [6.45, 7) is 0. The van der Waals surface area contributed by atoms with Gasteiger partial charge in [0, 0.05) is 0 Å². The smallest absolute Gasteiger partial charge is 0.412 e. The zero-order chi connectivity index (χ0) is 8.58. The first-order chi connectivity index (χ1) is 4.19. The Kier molecular flexibility index (Phi) is 3.99. The van der Waals surface area contributed by atoms with Crippen molar-refractivity contribution in [3.05, 3.63) is 0 Å². The normalized spacial score (nSPS) is 12.9. The summed E-state index contributed by atoms with van der Waals surface area (Å²) >= 11 is 0. The summed E-state index contributed by atoms with van der Waals surface area (Å²) in [7, 11) is -5.98. The summed E-state index contributed by atoms with van der Waals surface area (Å²) in [5, 5.41) is -5.37. The van der Waals surface area contributed by atoms with Gasteiger partial charge in [0.05, 0.1) is 0 Å². The highest BCUT2D eigenvalue weighted by atomic mass is 32.2. The summed E-state index contributed by atoms with van der Waals surface area (Å²) in [5.74, 6) is 0. The zero-order valence-electron chi connectivity index (χ0n) is 4.76. The molecule has 0 aromatic heterocycles. The Morgan fingerprint density at radius 2 is 1.55 bits per heavy atom. The molecule has 0 unspecified atom stereocenters. The van der Waals surface area contributed by atoms with E-state index in [0.717, 1.165) is 0 Å². The molecular weight excluding hydrogens is 196 g/mol. The van der Waals surface area contributed by atoms with Crippen molar-refractivity contribution in [1.82, 2.24) is 0 Å². The van der Waals surface area contributed by atoms with Crippen LogP contribution in [-0.4, -0.2) is 30.1 Å². The lowest BCUT2D eigenvalue weighted by atomic mass is 10.7. The van der Waals surface area contributed by atoms with E-state index in [-0.39, 0.29) is 5.48 Å². The zero-order valence-corrected chi connectivity index (χ0v) is 5.58. The largest absolute Gasteiger partial charge is 0.428 e. The SMILES string of the molecule is O.O=S(=O)(O)C(F)(F)C(F)F. The lowest BCUT2D eigenvalue weighted by molar-refractivity contribution is -0.0687. The molecule has 0 spiro atoms. The van der Waals surface area contributed by atoms with Crippen LogP contribution >= 0.6 is 0 Å². The van der Waals surface area contributed by atoms with Gasteiger partial charge in [-0.1, -0.05) is 0 Å². The summed E-state index contributed by atoms with van der Waals surface area (Å²) in [4.78, 5) is 0. The van der Waals surface area contributed by atoms with Crippen LogP contribution in [0.5, 0.6) is 0 Å². The lowest BCUT2D eigenvalue weighted by Gasteiger charge is -2.09. The van der Waals surface area contributed by atoms with Gasteiger partial charge in [0.25, 0.3) is 0 Å². The first-order valence-corrected chi connectivity index (χ1v) is 3.26. The molecule has 9 heteroatoms. The van der Waals surface area contributed by atoms with Gasteiger partial charge in [-0.2, -0.15) is 17.2 Å². The summed E-state index contributed by atoms with van der Waals surface area (Å²) in [6.07, 6.45) is -4.41. The minimum absolute atomic E-state index is 0. The van der Waals surface area contributed by atoms with Gasteiger partial charge in [-0.3, -0.25) is 4.55 Å². The van der Waals surface area contributed by atoms with E-state index >= 15 is 0 Å². The van der Waals surface area contributed by atoms with E-state index in [1.165, 1.54) is 0 Å². The Morgan fingerprint density at radius 3 is 1.55 bits per heavy atom. The molecule has 0 heterocycles. The van der Waals surface area contributed by atoms with Gasteiger partial charge < -0.3 is 5.48 Å². The van der Waals surface area contributed by atoms with Crippen molar-refractivity contribution in [2.45, 2.75) is 11.7 Å². The number of alkyl halides is 4. The predicted molar refractivity (Wildman–Crippen MR) is 26.1 cm³/mol. The van der Waals surface area contributed by atoms with E-state index in [4.69, 9.17) is 4.55 Å². The molecular formula is C2H4F4O4S. The average Bonchev–Trinajstić information content (AvgIpc) is 1.62. The highest BCUT2D eigenvalue weighted by molar-refractivity contribution is 7.86. The summed E-state index contributed by atoms with van der Waals surface area (Å²) in [6, 6.07) is 0. The molecule has 0 fully saturated rings. The molecule has 3 N–H and O–H groups in total. The van der Waals surface area contributed by atoms with E-state index in [1.54, 1.807) is 0 Å². The maximum Gasteiger partial charge on any atom is 0.428 e. The van der Waals surface area contributed by atoms with Crippen LogP contribution in [-0.2, 0) is 10.1 Å². The van der Waals surface area contributed by atoms with Crippen molar-refractivity contribution >= 4 is 10.1 Å². The second-order valence-corrected chi connectivity index (χ2v) is 2.83. The molecule has 0 bridgehead atoms. The minimum Gasteiger partial charge on any atom is -0.412 e. The van der Waals surface area contributed by atoms with E-state index in [1.807, 2.05) is 0 Å². The molecule has 0 aromatic rings. The van der Waals surface area contributed by atoms with Crippen molar-refractivity contribution in [3.8, 4) is 0 Å². The number of hydrogen-bond donors (Lipinski definition) is 1. The fraction of sp³-hybridized carbons (Fsp3) is 1.00. The van der Waals surface area contributed by atoms with Crippen LogP contribution in [0.25, 0.3) is 0 Å². The molecule has 0 rings (SSSR count). The Hall–Kier alpha value is -0.410. The fourth-order valence-electron chi connectivity index (χ4n) is 0.113. The standard InChI is InChI=1S/C2H2F4O3S.H2O/c3-1(4)2(5,6)10(7,8)9;/h1H,(H,7,8,9);1H2. The Bertz CT molecular complexity index is 208.